The Morgan fingerprint density at radius 3 is 3.04 bits per heavy atom. The van der Waals surface area contributed by atoms with Crippen LogP contribution >= 0.6 is 0 Å². The van der Waals surface area contributed by atoms with Gasteiger partial charge in [-0.3, -0.25) is 4.79 Å². The molecule has 1 aliphatic rings. The van der Waals surface area contributed by atoms with Crippen molar-refractivity contribution in [1.29, 1.82) is 0 Å². The maximum absolute atomic E-state index is 13.1. The first-order chi connectivity index (χ1) is 11.7. The minimum Gasteiger partial charge on any atom is -0.326 e. The zero-order valence-electron chi connectivity index (χ0n) is 13.6. The Morgan fingerprint density at radius 1 is 1.33 bits per heavy atom. The van der Waals surface area contributed by atoms with E-state index in [1.807, 2.05) is 10.9 Å². The number of nitrogens with one attached hydrogen (secondary N) is 1. The van der Waals surface area contributed by atoms with E-state index < -0.39 is 0 Å². The molecule has 1 atom stereocenters. The van der Waals surface area contributed by atoms with Gasteiger partial charge >= 0.3 is 0 Å². The lowest BCUT2D eigenvalue weighted by molar-refractivity contribution is -0.116. The molecular formula is C17H22FN5O. The van der Waals surface area contributed by atoms with Crippen molar-refractivity contribution in [3.05, 3.63) is 42.5 Å². The molecule has 7 heteroatoms. The van der Waals surface area contributed by atoms with Crippen molar-refractivity contribution in [3.8, 4) is 0 Å². The molecule has 0 spiro atoms. The Morgan fingerprint density at radius 2 is 2.25 bits per heavy atom. The molecule has 0 saturated carbocycles. The van der Waals surface area contributed by atoms with Crippen LogP contribution in [0.15, 0.2) is 36.7 Å². The summed E-state index contributed by atoms with van der Waals surface area (Å²) < 4.78 is 15.1. The van der Waals surface area contributed by atoms with Gasteiger partial charge in [-0.2, -0.15) is 0 Å². The number of carbonyl (C=O) groups is 1. The van der Waals surface area contributed by atoms with Crippen LogP contribution in [-0.4, -0.2) is 45.4 Å². The van der Waals surface area contributed by atoms with Crippen LogP contribution in [0.2, 0.25) is 0 Å². The van der Waals surface area contributed by atoms with E-state index in [0.717, 1.165) is 32.4 Å². The van der Waals surface area contributed by atoms with Gasteiger partial charge in [0.25, 0.3) is 0 Å². The van der Waals surface area contributed by atoms with Crippen molar-refractivity contribution in [2.45, 2.75) is 31.7 Å². The number of aromatic nitrogens is 3. The summed E-state index contributed by atoms with van der Waals surface area (Å²) in [6, 6.07) is 6.35. The number of anilines is 1. The number of hydrogen-bond donors (Lipinski definition) is 1. The number of benzene rings is 1. The zero-order valence-corrected chi connectivity index (χ0v) is 13.6. The zero-order chi connectivity index (χ0) is 16.8. The maximum atomic E-state index is 13.1. The molecular weight excluding hydrogens is 309 g/mol. The third-order valence-electron chi connectivity index (χ3n) is 4.37. The number of nitrogens with zero attached hydrogens (tertiary/aromatic N) is 4. The van der Waals surface area contributed by atoms with E-state index in [0.29, 0.717) is 24.7 Å². The molecule has 1 amide bonds. The summed E-state index contributed by atoms with van der Waals surface area (Å²) in [5, 5.41) is 10.7. The van der Waals surface area contributed by atoms with Crippen molar-refractivity contribution in [2.24, 2.45) is 0 Å². The number of likely N-dealkylation sites (tertiary alicyclic amines) is 1. The molecule has 2 aromatic rings. The quantitative estimate of drug-likeness (QED) is 0.914. The second kappa shape index (κ2) is 8.01. The van der Waals surface area contributed by atoms with E-state index in [4.69, 9.17) is 0 Å². The highest BCUT2D eigenvalue weighted by Crippen LogP contribution is 2.21. The summed E-state index contributed by atoms with van der Waals surface area (Å²) in [6.45, 7) is 2.64. The molecule has 1 aliphatic heterocycles. The molecule has 6 nitrogen and oxygen atoms in total. The minimum absolute atomic E-state index is 0.0855. The van der Waals surface area contributed by atoms with Crippen molar-refractivity contribution in [1.82, 2.24) is 19.9 Å². The van der Waals surface area contributed by atoms with Crippen LogP contribution in [0.25, 0.3) is 0 Å². The van der Waals surface area contributed by atoms with E-state index in [9.17, 15) is 9.18 Å². The average molecular weight is 331 g/mol. The standard InChI is InChI=1S/C17H22FN5O/c18-14-3-1-4-15(13-14)20-17(24)7-11-22-9-2-5-16(6-10-22)23-12-8-19-21-23/h1,3-4,8,12-13,16H,2,5-7,9-11H2,(H,20,24). The van der Waals surface area contributed by atoms with Crippen LogP contribution in [0.3, 0.4) is 0 Å². The van der Waals surface area contributed by atoms with Crippen molar-refractivity contribution < 1.29 is 9.18 Å². The molecule has 0 bridgehead atoms. The molecule has 0 radical (unpaired) electrons. The number of carbonyl (C=O) groups excluding carboxylic acids is 1. The molecule has 2 heterocycles. The lowest BCUT2D eigenvalue weighted by Gasteiger charge is -2.19. The van der Waals surface area contributed by atoms with Gasteiger partial charge < -0.3 is 10.2 Å². The van der Waals surface area contributed by atoms with E-state index in [2.05, 4.69) is 20.5 Å². The molecule has 1 aromatic carbocycles. The second-order valence-electron chi connectivity index (χ2n) is 6.12. The second-order valence-corrected chi connectivity index (χ2v) is 6.12. The SMILES string of the molecule is O=C(CCN1CCCC(n2ccnn2)CC1)Nc1cccc(F)c1. The minimum atomic E-state index is -0.348. The van der Waals surface area contributed by atoms with Gasteiger partial charge in [0.2, 0.25) is 5.91 Å². The molecule has 1 aromatic heterocycles. The number of hydrogen-bond acceptors (Lipinski definition) is 4. The molecule has 1 fully saturated rings. The third kappa shape index (κ3) is 4.61. The Hall–Kier alpha value is -2.28. The molecule has 1 unspecified atom stereocenters. The number of rotatable bonds is 5. The summed E-state index contributed by atoms with van der Waals surface area (Å²) in [4.78, 5) is 14.3. The predicted molar refractivity (Wildman–Crippen MR) is 89.0 cm³/mol. The summed E-state index contributed by atoms with van der Waals surface area (Å²) in [6.07, 6.45) is 7.19. The fraction of sp³-hybridized carbons (Fsp3) is 0.471. The maximum Gasteiger partial charge on any atom is 0.225 e. The first-order valence-electron chi connectivity index (χ1n) is 8.34. The molecule has 1 N–H and O–H groups in total. The van der Waals surface area contributed by atoms with Crippen LogP contribution in [0.5, 0.6) is 0 Å². The molecule has 0 aliphatic carbocycles. The van der Waals surface area contributed by atoms with Gasteiger partial charge in [-0.15, -0.1) is 5.10 Å². The summed E-state index contributed by atoms with van der Waals surface area (Å²) in [7, 11) is 0. The van der Waals surface area contributed by atoms with Crippen LogP contribution in [-0.2, 0) is 4.79 Å². The van der Waals surface area contributed by atoms with E-state index in [-0.39, 0.29) is 11.7 Å². The molecule has 3 rings (SSSR count). The van der Waals surface area contributed by atoms with Gasteiger partial charge in [-0.1, -0.05) is 11.3 Å². The van der Waals surface area contributed by atoms with Gasteiger partial charge in [0.1, 0.15) is 5.82 Å². The van der Waals surface area contributed by atoms with E-state index in [1.165, 1.54) is 12.1 Å². The van der Waals surface area contributed by atoms with Crippen LogP contribution in [0.1, 0.15) is 31.7 Å². The first kappa shape index (κ1) is 16.6. The Balaban J connectivity index is 1.44. The largest absolute Gasteiger partial charge is 0.326 e. The molecule has 24 heavy (non-hydrogen) atoms. The van der Waals surface area contributed by atoms with Crippen molar-refractivity contribution in [3.63, 3.8) is 0 Å². The molecule has 128 valence electrons. The van der Waals surface area contributed by atoms with Crippen LogP contribution < -0.4 is 5.32 Å². The van der Waals surface area contributed by atoms with Crippen LogP contribution in [0, 0.1) is 5.82 Å². The monoisotopic (exact) mass is 331 g/mol. The highest BCUT2D eigenvalue weighted by atomic mass is 19.1. The summed E-state index contributed by atoms with van der Waals surface area (Å²) in [5.41, 5.74) is 0.502. The smallest absolute Gasteiger partial charge is 0.225 e. The Bertz CT molecular complexity index is 661. The van der Waals surface area contributed by atoms with E-state index in [1.54, 1.807) is 18.3 Å². The number of halogens is 1. The van der Waals surface area contributed by atoms with Gasteiger partial charge in [0.15, 0.2) is 0 Å². The van der Waals surface area contributed by atoms with Gasteiger partial charge in [-0.25, -0.2) is 9.07 Å². The first-order valence-corrected chi connectivity index (χ1v) is 8.34. The number of amides is 1. The fourth-order valence-corrected chi connectivity index (χ4v) is 3.09. The average Bonchev–Trinajstić information content (AvgIpc) is 2.99. The van der Waals surface area contributed by atoms with Crippen LogP contribution in [0.4, 0.5) is 10.1 Å². The predicted octanol–water partition coefficient (Wildman–Crippen LogP) is 2.47. The highest BCUT2D eigenvalue weighted by Gasteiger charge is 2.19. The highest BCUT2D eigenvalue weighted by molar-refractivity contribution is 5.90. The molecule has 1 saturated heterocycles. The third-order valence-corrected chi connectivity index (χ3v) is 4.37. The van der Waals surface area contributed by atoms with Gasteiger partial charge in [0.05, 0.1) is 12.2 Å². The summed E-state index contributed by atoms with van der Waals surface area (Å²) >= 11 is 0. The van der Waals surface area contributed by atoms with Crippen molar-refractivity contribution in [2.75, 3.05) is 25.0 Å². The lowest BCUT2D eigenvalue weighted by atomic mass is 10.1. The summed E-state index contributed by atoms with van der Waals surface area (Å²) in [5.74, 6) is -0.433. The van der Waals surface area contributed by atoms with Gasteiger partial charge in [-0.05, 0) is 44.0 Å². The van der Waals surface area contributed by atoms with Crippen molar-refractivity contribution >= 4 is 11.6 Å². The van der Waals surface area contributed by atoms with E-state index >= 15 is 0 Å². The Kier molecular flexibility index (Phi) is 5.53. The fourth-order valence-electron chi connectivity index (χ4n) is 3.09. The lowest BCUT2D eigenvalue weighted by Crippen LogP contribution is -2.29. The Labute approximate surface area is 140 Å². The normalized spacial score (nSPS) is 19.0. The van der Waals surface area contributed by atoms with Gasteiger partial charge in [0, 0.05) is 31.4 Å². The topological polar surface area (TPSA) is 63.1 Å².